The standard InChI is InChI=1S/C16H17N5O2/c1-8-7-18-15(21-14(8)17-2)19-10-4-3-9-5-12-13(11(9)6-10)20-16(22)23-12/h3-4,6-7,12-13H,5H2,1-2H3,(H,20,22)(H2,17,18,19,21)/t12-,13+/m1/s1. The van der Waals surface area contributed by atoms with Crippen LogP contribution in [0.25, 0.3) is 0 Å². The molecule has 1 fully saturated rings. The van der Waals surface area contributed by atoms with E-state index in [0.29, 0.717) is 5.95 Å². The van der Waals surface area contributed by atoms with Crippen LogP contribution in [-0.2, 0) is 11.2 Å². The number of aromatic nitrogens is 2. The summed E-state index contributed by atoms with van der Waals surface area (Å²) in [6.45, 7) is 1.95. The molecular weight excluding hydrogens is 294 g/mol. The minimum Gasteiger partial charge on any atom is -0.443 e. The van der Waals surface area contributed by atoms with Crippen molar-refractivity contribution in [3.8, 4) is 0 Å². The van der Waals surface area contributed by atoms with E-state index in [1.54, 1.807) is 6.20 Å². The Labute approximate surface area is 133 Å². The summed E-state index contributed by atoms with van der Waals surface area (Å²) in [5.74, 6) is 1.32. The number of benzene rings is 1. The SMILES string of the molecule is CNc1nc(Nc2ccc3c(c2)[C@@H]2NC(=O)O[C@@H]2C3)ncc1C. The fraction of sp³-hybridized carbons (Fsp3) is 0.312. The van der Waals surface area contributed by atoms with Crippen LogP contribution in [0.2, 0.25) is 0 Å². The zero-order chi connectivity index (χ0) is 16.0. The zero-order valence-electron chi connectivity index (χ0n) is 12.9. The van der Waals surface area contributed by atoms with E-state index in [1.165, 1.54) is 5.56 Å². The zero-order valence-corrected chi connectivity index (χ0v) is 12.9. The van der Waals surface area contributed by atoms with Crippen LogP contribution in [0.1, 0.15) is 22.7 Å². The third-order valence-corrected chi connectivity index (χ3v) is 4.27. The van der Waals surface area contributed by atoms with Crippen molar-refractivity contribution in [2.45, 2.75) is 25.5 Å². The van der Waals surface area contributed by atoms with E-state index in [-0.39, 0.29) is 18.2 Å². The van der Waals surface area contributed by atoms with Crippen LogP contribution in [0, 0.1) is 6.92 Å². The van der Waals surface area contributed by atoms with Crippen molar-refractivity contribution in [1.82, 2.24) is 15.3 Å². The summed E-state index contributed by atoms with van der Waals surface area (Å²) in [7, 11) is 1.83. The fourth-order valence-corrected chi connectivity index (χ4v) is 3.15. The predicted octanol–water partition coefficient (Wildman–Crippen LogP) is 2.28. The minimum absolute atomic E-state index is 0.0638. The normalized spacial score (nSPS) is 21.2. The van der Waals surface area contributed by atoms with E-state index in [9.17, 15) is 4.79 Å². The molecule has 2 aromatic rings. The smallest absolute Gasteiger partial charge is 0.408 e. The Hall–Kier alpha value is -2.83. The molecule has 7 nitrogen and oxygen atoms in total. The summed E-state index contributed by atoms with van der Waals surface area (Å²) in [6, 6.07) is 6.01. The molecule has 2 atom stereocenters. The van der Waals surface area contributed by atoms with Crippen LogP contribution in [0.3, 0.4) is 0 Å². The maximum absolute atomic E-state index is 11.4. The Morgan fingerprint density at radius 1 is 1.39 bits per heavy atom. The van der Waals surface area contributed by atoms with Crippen molar-refractivity contribution in [3.63, 3.8) is 0 Å². The van der Waals surface area contributed by atoms with Gasteiger partial charge in [0.1, 0.15) is 11.9 Å². The summed E-state index contributed by atoms with van der Waals surface area (Å²) in [5.41, 5.74) is 4.16. The van der Waals surface area contributed by atoms with Crippen molar-refractivity contribution < 1.29 is 9.53 Å². The van der Waals surface area contributed by atoms with Crippen molar-refractivity contribution in [2.75, 3.05) is 17.7 Å². The van der Waals surface area contributed by atoms with Gasteiger partial charge in [-0.3, -0.25) is 0 Å². The molecule has 1 amide bonds. The van der Waals surface area contributed by atoms with Gasteiger partial charge in [-0.25, -0.2) is 9.78 Å². The average Bonchev–Trinajstić information content (AvgIpc) is 3.05. The van der Waals surface area contributed by atoms with Crippen LogP contribution in [0.15, 0.2) is 24.4 Å². The van der Waals surface area contributed by atoms with Gasteiger partial charge in [-0.05, 0) is 30.2 Å². The van der Waals surface area contributed by atoms with Crippen LogP contribution in [0.5, 0.6) is 0 Å². The van der Waals surface area contributed by atoms with Crippen LogP contribution in [-0.4, -0.2) is 29.2 Å². The van der Waals surface area contributed by atoms with Gasteiger partial charge in [0.15, 0.2) is 0 Å². The first kappa shape index (κ1) is 13.8. The number of nitrogens with zero attached hydrogens (tertiary/aromatic N) is 2. The summed E-state index contributed by atoms with van der Waals surface area (Å²) in [5, 5.41) is 9.11. The van der Waals surface area contributed by atoms with E-state index in [2.05, 4.69) is 32.0 Å². The van der Waals surface area contributed by atoms with Gasteiger partial charge >= 0.3 is 6.09 Å². The summed E-state index contributed by atoms with van der Waals surface area (Å²) < 4.78 is 5.27. The second-order valence-electron chi connectivity index (χ2n) is 5.78. The Morgan fingerprint density at radius 3 is 3.09 bits per heavy atom. The second-order valence-corrected chi connectivity index (χ2v) is 5.78. The van der Waals surface area contributed by atoms with E-state index < -0.39 is 0 Å². The highest BCUT2D eigenvalue weighted by Gasteiger charge is 2.41. The molecule has 1 aromatic heterocycles. The molecule has 23 heavy (non-hydrogen) atoms. The number of rotatable bonds is 3. The van der Waals surface area contributed by atoms with Gasteiger partial charge in [0, 0.05) is 30.9 Å². The molecule has 7 heteroatoms. The van der Waals surface area contributed by atoms with Crippen molar-refractivity contribution in [1.29, 1.82) is 0 Å². The van der Waals surface area contributed by atoms with Gasteiger partial charge in [-0.15, -0.1) is 0 Å². The molecule has 1 saturated heterocycles. The van der Waals surface area contributed by atoms with E-state index >= 15 is 0 Å². The highest BCUT2D eigenvalue weighted by molar-refractivity contribution is 5.72. The van der Waals surface area contributed by atoms with E-state index in [0.717, 1.165) is 29.1 Å². The Balaban J connectivity index is 1.61. The fourth-order valence-electron chi connectivity index (χ4n) is 3.15. The van der Waals surface area contributed by atoms with Gasteiger partial charge in [0.05, 0.1) is 6.04 Å². The molecule has 118 valence electrons. The number of carbonyl (C=O) groups is 1. The number of ether oxygens (including phenoxy) is 1. The lowest BCUT2D eigenvalue weighted by Crippen LogP contribution is -2.18. The van der Waals surface area contributed by atoms with Crippen molar-refractivity contribution in [2.24, 2.45) is 0 Å². The quantitative estimate of drug-likeness (QED) is 0.806. The molecule has 2 heterocycles. The molecule has 0 bridgehead atoms. The molecule has 1 aliphatic carbocycles. The van der Waals surface area contributed by atoms with E-state index in [4.69, 9.17) is 4.74 Å². The van der Waals surface area contributed by atoms with Gasteiger partial charge < -0.3 is 20.7 Å². The second kappa shape index (κ2) is 5.12. The average molecular weight is 311 g/mol. The highest BCUT2D eigenvalue weighted by atomic mass is 16.6. The Kier molecular flexibility index (Phi) is 3.07. The highest BCUT2D eigenvalue weighted by Crippen LogP contribution is 2.38. The van der Waals surface area contributed by atoms with Gasteiger partial charge in [0.25, 0.3) is 0 Å². The van der Waals surface area contributed by atoms with Crippen molar-refractivity contribution >= 4 is 23.5 Å². The number of fused-ring (bicyclic) bond motifs is 3. The van der Waals surface area contributed by atoms with Crippen LogP contribution in [0.4, 0.5) is 22.2 Å². The first-order valence-electron chi connectivity index (χ1n) is 7.52. The number of carbonyl (C=O) groups excluding carboxylic acids is 1. The number of amides is 1. The number of aryl methyl sites for hydroxylation is 1. The van der Waals surface area contributed by atoms with Gasteiger partial charge in [0.2, 0.25) is 5.95 Å². The topological polar surface area (TPSA) is 88.2 Å². The molecule has 0 saturated carbocycles. The summed E-state index contributed by atoms with van der Waals surface area (Å²) >= 11 is 0. The lowest BCUT2D eigenvalue weighted by molar-refractivity contribution is 0.136. The molecule has 3 N–H and O–H groups in total. The number of nitrogens with one attached hydrogen (secondary N) is 3. The summed E-state index contributed by atoms with van der Waals surface area (Å²) in [6.07, 6.45) is 2.09. The van der Waals surface area contributed by atoms with Crippen molar-refractivity contribution in [3.05, 3.63) is 41.1 Å². The molecule has 0 unspecified atom stereocenters. The molecule has 1 aliphatic heterocycles. The molecule has 1 aromatic carbocycles. The third kappa shape index (κ3) is 2.34. The lowest BCUT2D eigenvalue weighted by atomic mass is 10.1. The third-order valence-electron chi connectivity index (χ3n) is 4.27. The lowest BCUT2D eigenvalue weighted by Gasteiger charge is -2.11. The number of hydrogen-bond donors (Lipinski definition) is 3. The largest absolute Gasteiger partial charge is 0.443 e. The predicted molar refractivity (Wildman–Crippen MR) is 85.9 cm³/mol. The molecule has 4 rings (SSSR count). The Bertz CT molecular complexity index is 792. The number of hydrogen-bond acceptors (Lipinski definition) is 6. The summed E-state index contributed by atoms with van der Waals surface area (Å²) in [4.78, 5) is 20.1. The molecule has 0 radical (unpaired) electrons. The minimum atomic E-state index is -0.343. The molecule has 2 aliphatic rings. The number of alkyl carbamates (subject to hydrolysis) is 1. The Morgan fingerprint density at radius 2 is 2.26 bits per heavy atom. The van der Waals surface area contributed by atoms with Gasteiger partial charge in [-0.2, -0.15) is 4.98 Å². The maximum atomic E-state index is 11.4. The number of anilines is 3. The van der Waals surface area contributed by atoms with Crippen LogP contribution < -0.4 is 16.0 Å². The molecule has 0 spiro atoms. The first-order chi connectivity index (χ1) is 11.1. The molecular formula is C16H17N5O2. The van der Waals surface area contributed by atoms with Gasteiger partial charge in [-0.1, -0.05) is 6.07 Å². The van der Waals surface area contributed by atoms with E-state index in [1.807, 2.05) is 26.1 Å². The maximum Gasteiger partial charge on any atom is 0.408 e. The first-order valence-corrected chi connectivity index (χ1v) is 7.52. The van der Waals surface area contributed by atoms with Crippen LogP contribution >= 0.6 is 0 Å². The monoisotopic (exact) mass is 311 g/mol.